The monoisotopic (exact) mass is 238 g/mol. The average molecular weight is 238 g/mol. The van der Waals surface area contributed by atoms with Crippen LogP contribution in [0.4, 0.5) is 0 Å². The van der Waals surface area contributed by atoms with Crippen molar-refractivity contribution >= 4 is 0 Å². The third-order valence-electron chi connectivity index (χ3n) is 3.17. The zero-order valence-electron chi connectivity index (χ0n) is 11.6. The molecule has 0 aliphatic heterocycles. The molecule has 17 heavy (non-hydrogen) atoms. The summed E-state index contributed by atoms with van der Waals surface area (Å²) in [4.78, 5) is 2.39. The zero-order valence-corrected chi connectivity index (χ0v) is 11.6. The van der Waals surface area contributed by atoms with Gasteiger partial charge in [0, 0.05) is 31.4 Å². The number of nitrogens with one attached hydrogen (secondary N) is 1. The molecule has 0 spiro atoms. The minimum absolute atomic E-state index is 0.619. The van der Waals surface area contributed by atoms with E-state index < -0.39 is 0 Å². The van der Waals surface area contributed by atoms with E-state index >= 15 is 0 Å². The van der Waals surface area contributed by atoms with Gasteiger partial charge in [-0.3, -0.25) is 9.58 Å². The summed E-state index contributed by atoms with van der Waals surface area (Å²) in [6.07, 6.45) is 6.51. The summed E-state index contributed by atoms with van der Waals surface area (Å²) in [7, 11) is 4.15. The summed E-state index contributed by atoms with van der Waals surface area (Å²) in [6, 6.07) is 0.619. The molecular formula is C13H26N4. The van der Waals surface area contributed by atoms with Crippen LogP contribution >= 0.6 is 0 Å². The fourth-order valence-electron chi connectivity index (χ4n) is 1.92. The van der Waals surface area contributed by atoms with Crippen LogP contribution in [0.2, 0.25) is 0 Å². The first-order valence-electron chi connectivity index (χ1n) is 6.52. The lowest BCUT2D eigenvalue weighted by Gasteiger charge is -2.24. The highest BCUT2D eigenvalue weighted by atomic mass is 15.2. The van der Waals surface area contributed by atoms with Gasteiger partial charge >= 0.3 is 0 Å². The standard InChI is InChI=1S/C13H26N4/c1-5-14-8-6-7-12(2)16(3)10-13-9-15-17(4)11-13/h9,11-12,14H,5-8,10H2,1-4H3. The van der Waals surface area contributed by atoms with E-state index in [9.17, 15) is 0 Å². The van der Waals surface area contributed by atoms with Gasteiger partial charge < -0.3 is 5.32 Å². The third-order valence-corrected chi connectivity index (χ3v) is 3.17. The Bertz CT molecular complexity index is 308. The number of hydrogen-bond acceptors (Lipinski definition) is 3. The summed E-state index contributed by atoms with van der Waals surface area (Å²) in [6.45, 7) is 7.62. The van der Waals surface area contributed by atoms with Crippen LogP contribution in [-0.4, -0.2) is 40.9 Å². The molecule has 1 aromatic rings. The Balaban J connectivity index is 2.24. The average Bonchev–Trinajstić information content (AvgIpc) is 2.70. The van der Waals surface area contributed by atoms with Gasteiger partial charge in [0.15, 0.2) is 0 Å². The van der Waals surface area contributed by atoms with Crippen LogP contribution in [0.25, 0.3) is 0 Å². The van der Waals surface area contributed by atoms with Gasteiger partial charge in [-0.1, -0.05) is 6.92 Å². The third kappa shape index (κ3) is 5.33. The van der Waals surface area contributed by atoms with Crippen molar-refractivity contribution in [3.8, 4) is 0 Å². The SMILES string of the molecule is CCNCCCC(C)N(C)Cc1cnn(C)c1. The predicted octanol–water partition coefficient (Wildman–Crippen LogP) is 1.63. The van der Waals surface area contributed by atoms with Crippen LogP contribution in [0.1, 0.15) is 32.3 Å². The largest absolute Gasteiger partial charge is 0.317 e. The molecule has 0 aromatic carbocycles. The Labute approximate surface area is 105 Å². The van der Waals surface area contributed by atoms with Crippen LogP contribution in [0, 0.1) is 0 Å². The molecule has 0 saturated carbocycles. The van der Waals surface area contributed by atoms with E-state index in [4.69, 9.17) is 0 Å². The van der Waals surface area contributed by atoms with Crippen molar-refractivity contribution in [3.05, 3.63) is 18.0 Å². The molecule has 0 fully saturated rings. The second kappa shape index (κ2) is 7.45. The Hall–Kier alpha value is -0.870. The van der Waals surface area contributed by atoms with Gasteiger partial charge in [-0.05, 0) is 39.9 Å². The van der Waals surface area contributed by atoms with Crippen LogP contribution in [0.15, 0.2) is 12.4 Å². The van der Waals surface area contributed by atoms with E-state index in [1.54, 1.807) is 0 Å². The van der Waals surface area contributed by atoms with Crippen molar-refractivity contribution in [2.75, 3.05) is 20.1 Å². The maximum Gasteiger partial charge on any atom is 0.0534 e. The molecule has 0 amide bonds. The van der Waals surface area contributed by atoms with E-state index in [-0.39, 0.29) is 0 Å². The van der Waals surface area contributed by atoms with Crippen LogP contribution in [-0.2, 0) is 13.6 Å². The Morgan fingerprint density at radius 1 is 1.53 bits per heavy atom. The maximum absolute atomic E-state index is 4.20. The molecule has 0 saturated heterocycles. The van der Waals surface area contributed by atoms with Crippen LogP contribution < -0.4 is 5.32 Å². The molecule has 98 valence electrons. The second-order valence-electron chi connectivity index (χ2n) is 4.78. The first kappa shape index (κ1) is 14.2. The molecule has 1 aromatic heterocycles. The first-order valence-corrected chi connectivity index (χ1v) is 6.52. The van der Waals surface area contributed by atoms with Crippen molar-refractivity contribution in [2.24, 2.45) is 7.05 Å². The van der Waals surface area contributed by atoms with Gasteiger partial charge in [-0.2, -0.15) is 5.10 Å². The molecule has 1 heterocycles. The molecule has 0 bridgehead atoms. The van der Waals surface area contributed by atoms with Gasteiger partial charge in [0.2, 0.25) is 0 Å². The first-order chi connectivity index (χ1) is 8.13. The van der Waals surface area contributed by atoms with Gasteiger partial charge in [-0.15, -0.1) is 0 Å². The fourth-order valence-corrected chi connectivity index (χ4v) is 1.92. The molecular weight excluding hydrogens is 212 g/mol. The Morgan fingerprint density at radius 2 is 2.29 bits per heavy atom. The summed E-state index contributed by atoms with van der Waals surface area (Å²) >= 11 is 0. The molecule has 0 aliphatic rings. The molecule has 1 atom stereocenters. The van der Waals surface area contributed by atoms with E-state index in [1.165, 1.54) is 18.4 Å². The normalized spacial score (nSPS) is 13.2. The summed E-state index contributed by atoms with van der Waals surface area (Å²) in [5.74, 6) is 0. The van der Waals surface area contributed by atoms with E-state index in [1.807, 2.05) is 17.9 Å². The second-order valence-corrected chi connectivity index (χ2v) is 4.78. The lowest BCUT2D eigenvalue weighted by atomic mass is 10.1. The Kier molecular flexibility index (Phi) is 6.22. The maximum atomic E-state index is 4.20. The number of hydrogen-bond donors (Lipinski definition) is 1. The minimum Gasteiger partial charge on any atom is -0.317 e. The number of aryl methyl sites for hydroxylation is 1. The molecule has 4 nitrogen and oxygen atoms in total. The van der Waals surface area contributed by atoms with E-state index in [0.29, 0.717) is 6.04 Å². The van der Waals surface area contributed by atoms with Crippen molar-refractivity contribution < 1.29 is 0 Å². The molecule has 0 aliphatic carbocycles. The topological polar surface area (TPSA) is 33.1 Å². The number of nitrogens with zero attached hydrogens (tertiary/aromatic N) is 3. The van der Waals surface area contributed by atoms with Gasteiger partial charge in [-0.25, -0.2) is 0 Å². The van der Waals surface area contributed by atoms with Crippen molar-refractivity contribution in [3.63, 3.8) is 0 Å². The van der Waals surface area contributed by atoms with Crippen molar-refractivity contribution in [1.29, 1.82) is 0 Å². The predicted molar refractivity (Wildman–Crippen MR) is 71.9 cm³/mol. The highest BCUT2D eigenvalue weighted by Crippen LogP contribution is 2.08. The summed E-state index contributed by atoms with van der Waals surface area (Å²) in [5.41, 5.74) is 1.29. The Morgan fingerprint density at radius 3 is 2.88 bits per heavy atom. The van der Waals surface area contributed by atoms with Gasteiger partial charge in [0.1, 0.15) is 0 Å². The summed E-state index contributed by atoms with van der Waals surface area (Å²) in [5, 5.41) is 7.56. The molecule has 0 radical (unpaired) electrons. The lowest BCUT2D eigenvalue weighted by molar-refractivity contribution is 0.234. The van der Waals surface area contributed by atoms with Gasteiger partial charge in [0.25, 0.3) is 0 Å². The fraction of sp³-hybridized carbons (Fsp3) is 0.769. The van der Waals surface area contributed by atoms with Crippen molar-refractivity contribution in [1.82, 2.24) is 20.0 Å². The minimum atomic E-state index is 0.619. The zero-order chi connectivity index (χ0) is 12.7. The van der Waals surface area contributed by atoms with Gasteiger partial charge in [0.05, 0.1) is 6.20 Å². The van der Waals surface area contributed by atoms with Crippen molar-refractivity contribution in [2.45, 2.75) is 39.3 Å². The molecule has 1 unspecified atom stereocenters. The molecule has 4 heteroatoms. The molecule has 1 N–H and O–H groups in total. The summed E-state index contributed by atoms with van der Waals surface area (Å²) < 4.78 is 1.86. The lowest BCUT2D eigenvalue weighted by Crippen LogP contribution is -2.29. The quantitative estimate of drug-likeness (QED) is 0.699. The van der Waals surface area contributed by atoms with E-state index in [0.717, 1.165) is 19.6 Å². The van der Waals surface area contributed by atoms with Crippen LogP contribution in [0.3, 0.4) is 0 Å². The van der Waals surface area contributed by atoms with E-state index in [2.05, 4.69) is 42.4 Å². The smallest absolute Gasteiger partial charge is 0.0534 e. The highest BCUT2D eigenvalue weighted by molar-refractivity contribution is 5.03. The highest BCUT2D eigenvalue weighted by Gasteiger charge is 2.09. The number of aromatic nitrogens is 2. The van der Waals surface area contributed by atoms with Crippen LogP contribution in [0.5, 0.6) is 0 Å². The molecule has 1 rings (SSSR count). The number of rotatable bonds is 8.